The van der Waals surface area contributed by atoms with E-state index in [0.717, 1.165) is 12.8 Å². The van der Waals surface area contributed by atoms with Gasteiger partial charge in [-0.1, -0.05) is 48.4 Å². The van der Waals surface area contributed by atoms with Crippen molar-refractivity contribution in [3.8, 4) is 0 Å². The van der Waals surface area contributed by atoms with Gasteiger partial charge in [-0.15, -0.1) is 0 Å². The first-order valence-corrected chi connectivity index (χ1v) is 13.7. The Kier molecular flexibility index (Phi) is 13.1. The van der Waals surface area contributed by atoms with Gasteiger partial charge in [-0.2, -0.15) is 0 Å². The van der Waals surface area contributed by atoms with E-state index in [1.54, 1.807) is 6.92 Å². The van der Waals surface area contributed by atoms with Crippen molar-refractivity contribution in [3.05, 3.63) is 36.5 Å². The van der Waals surface area contributed by atoms with E-state index >= 15 is 0 Å². The third-order valence-corrected chi connectivity index (χ3v) is 7.57. The van der Waals surface area contributed by atoms with Crippen LogP contribution in [0.4, 0.5) is 0 Å². The van der Waals surface area contributed by atoms with E-state index in [1.165, 1.54) is 13.8 Å². The molecule has 0 aromatic heterocycles. The van der Waals surface area contributed by atoms with Crippen LogP contribution in [-0.4, -0.2) is 73.4 Å². The molecule has 7 unspecified atom stereocenters. The van der Waals surface area contributed by atoms with Crippen LogP contribution >= 0.6 is 0 Å². The van der Waals surface area contributed by atoms with E-state index in [-0.39, 0.29) is 68.6 Å². The lowest BCUT2D eigenvalue weighted by Crippen LogP contribution is -2.36. The highest BCUT2D eigenvalue weighted by Gasteiger charge is 2.63. The Morgan fingerprint density at radius 1 is 0.773 bits per heavy atom. The second-order valence-electron chi connectivity index (χ2n) is 11.8. The molecule has 12 heteroatoms. The predicted octanol–water partition coefficient (Wildman–Crippen LogP) is 3.81. The number of rotatable bonds is 6. The van der Waals surface area contributed by atoms with Crippen LogP contribution in [0.2, 0.25) is 0 Å². The smallest absolute Gasteiger partial charge is 0.348 e. The molecule has 0 radical (unpaired) electrons. The van der Waals surface area contributed by atoms with Crippen molar-refractivity contribution in [2.75, 3.05) is 13.2 Å². The Bertz CT molecular complexity index is 1200. The van der Waals surface area contributed by atoms with Crippen molar-refractivity contribution < 1.29 is 57.2 Å². The van der Waals surface area contributed by atoms with Crippen molar-refractivity contribution in [3.63, 3.8) is 0 Å². The van der Waals surface area contributed by atoms with Gasteiger partial charge in [0, 0.05) is 40.4 Å². The van der Waals surface area contributed by atoms with Gasteiger partial charge in [0.15, 0.2) is 0 Å². The summed E-state index contributed by atoms with van der Waals surface area (Å²) in [4.78, 5) is 67.1. The maximum atomic E-state index is 11.5. The molecule has 5 fully saturated rings. The fourth-order valence-electron chi connectivity index (χ4n) is 5.25. The van der Waals surface area contributed by atoms with E-state index in [9.17, 15) is 28.8 Å². The minimum atomic E-state index is -0.813. The first kappa shape index (κ1) is 38.1. The topological polar surface area (TPSA) is 158 Å². The standard InChI is InChI=1S/C12H14O4.C10H14O4.C8H10O4.2CH4/c1-5(2)11(13)15-9-6-3-7-8(4-6)12(14)16-10(7)9;1-6(2)8(11)14-7-9(12)13-5-10(7,3)4;1-5(2)7(9)12-6-3-4-11-8(6)10;;/h6-10H,1,3-4H2,2H3;7H,1,5H2,2-4H3;6H,1,3-4H2,2H3;2*1H4. The maximum Gasteiger partial charge on any atom is 0.348 e. The van der Waals surface area contributed by atoms with Crippen LogP contribution < -0.4 is 0 Å². The van der Waals surface area contributed by atoms with Gasteiger partial charge >= 0.3 is 35.8 Å². The Hall–Kier alpha value is -3.96. The lowest BCUT2D eigenvalue weighted by Gasteiger charge is -2.25. The second kappa shape index (κ2) is 15.2. The number of carbonyl (C=O) groups is 6. The van der Waals surface area contributed by atoms with Crippen molar-refractivity contribution in [2.45, 2.75) is 93.2 Å². The summed E-state index contributed by atoms with van der Waals surface area (Å²) in [5, 5.41) is 0. The van der Waals surface area contributed by atoms with Gasteiger partial charge in [0.05, 0.1) is 12.5 Å². The number of hydrogen-bond acceptors (Lipinski definition) is 12. The van der Waals surface area contributed by atoms with Crippen LogP contribution in [-0.2, 0) is 57.2 Å². The highest BCUT2D eigenvalue weighted by atomic mass is 16.6. The van der Waals surface area contributed by atoms with Crippen LogP contribution in [0.5, 0.6) is 0 Å². The maximum absolute atomic E-state index is 11.5. The first-order valence-electron chi connectivity index (χ1n) is 13.7. The van der Waals surface area contributed by atoms with Gasteiger partial charge in [0.25, 0.3) is 0 Å². The zero-order valence-electron chi connectivity index (χ0n) is 24.6. The van der Waals surface area contributed by atoms with Gasteiger partial charge in [0.1, 0.15) is 18.8 Å². The highest BCUT2D eigenvalue weighted by molar-refractivity contribution is 5.90. The zero-order valence-corrected chi connectivity index (χ0v) is 24.6. The summed E-state index contributed by atoms with van der Waals surface area (Å²) < 4.78 is 29.8. The number of esters is 6. The van der Waals surface area contributed by atoms with E-state index in [2.05, 4.69) is 24.5 Å². The normalized spacial score (nSPS) is 29.4. The Labute approximate surface area is 259 Å². The van der Waals surface area contributed by atoms with Crippen molar-refractivity contribution in [1.29, 1.82) is 0 Å². The Morgan fingerprint density at radius 2 is 1.32 bits per heavy atom. The van der Waals surface area contributed by atoms with Crippen LogP contribution in [0.25, 0.3) is 0 Å². The minimum absolute atomic E-state index is 0. The average molecular weight is 623 g/mol. The Morgan fingerprint density at radius 3 is 1.80 bits per heavy atom. The summed E-state index contributed by atoms with van der Waals surface area (Å²) in [6.07, 6.45) is 0.235. The van der Waals surface area contributed by atoms with Gasteiger partial charge in [-0.05, 0) is 33.6 Å². The summed E-state index contributed by atoms with van der Waals surface area (Å²) in [7, 11) is 0. The number of ether oxygens (including phenoxy) is 6. The van der Waals surface area contributed by atoms with Crippen LogP contribution in [0.1, 0.15) is 68.7 Å². The molecule has 3 saturated heterocycles. The molecule has 0 spiro atoms. The zero-order chi connectivity index (χ0) is 31.5. The highest BCUT2D eigenvalue weighted by Crippen LogP contribution is 2.55. The van der Waals surface area contributed by atoms with E-state index in [1.807, 2.05) is 13.8 Å². The summed E-state index contributed by atoms with van der Waals surface area (Å²) in [5.74, 6) is -1.89. The average Bonchev–Trinajstić information content (AvgIpc) is 3.69. The molecule has 0 aromatic carbocycles. The number of cyclic esters (lactones) is 2. The fraction of sp³-hybridized carbons (Fsp3) is 0.625. The van der Waals surface area contributed by atoms with Crippen molar-refractivity contribution in [1.82, 2.24) is 0 Å². The van der Waals surface area contributed by atoms with Crippen LogP contribution in [0, 0.1) is 23.2 Å². The van der Waals surface area contributed by atoms with Crippen LogP contribution in [0.3, 0.4) is 0 Å². The van der Waals surface area contributed by atoms with Gasteiger partial charge in [-0.3, -0.25) is 4.79 Å². The molecule has 0 N–H and O–H groups in total. The molecule has 7 atom stereocenters. The van der Waals surface area contributed by atoms with Gasteiger partial charge in [0.2, 0.25) is 12.2 Å². The largest absolute Gasteiger partial charge is 0.463 e. The van der Waals surface area contributed by atoms with E-state index < -0.39 is 41.5 Å². The summed E-state index contributed by atoms with van der Waals surface area (Å²) >= 11 is 0. The van der Waals surface area contributed by atoms with Gasteiger partial charge < -0.3 is 28.4 Å². The number of carbonyl (C=O) groups excluding carboxylic acids is 6. The third-order valence-electron chi connectivity index (χ3n) is 7.57. The van der Waals surface area contributed by atoms with E-state index in [4.69, 9.17) is 23.7 Å². The quantitative estimate of drug-likeness (QED) is 0.240. The second-order valence-corrected chi connectivity index (χ2v) is 11.8. The molecule has 5 rings (SSSR count). The molecule has 0 aromatic rings. The molecule has 3 aliphatic heterocycles. The molecule has 2 saturated carbocycles. The molecule has 246 valence electrons. The van der Waals surface area contributed by atoms with Crippen molar-refractivity contribution >= 4 is 35.8 Å². The molecule has 2 bridgehead atoms. The van der Waals surface area contributed by atoms with Crippen molar-refractivity contribution in [2.24, 2.45) is 23.2 Å². The first-order chi connectivity index (χ1) is 19.5. The number of hydrogen-bond donors (Lipinski definition) is 0. The molecule has 12 nitrogen and oxygen atoms in total. The summed E-state index contributed by atoms with van der Waals surface area (Å²) in [6, 6.07) is 0. The molecule has 44 heavy (non-hydrogen) atoms. The summed E-state index contributed by atoms with van der Waals surface area (Å²) in [5.41, 5.74) is 0.501. The predicted molar refractivity (Wildman–Crippen MR) is 157 cm³/mol. The van der Waals surface area contributed by atoms with E-state index in [0.29, 0.717) is 24.5 Å². The molecule has 0 amide bonds. The molecular weight excluding hydrogens is 576 g/mol. The number of fused-ring (bicyclic) bond motifs is 1. The molecule has 5 aliphatic rings. The monoisotopic (exact) mass is 622 g/mol. The molecule has 3 heterocycles. The van der Waals surface area contributed by atoms with Crippen LogP contribution in [0.15, 0.2) is 36.5 Å². The van der Waals surface area contributed by atoms with Gasteiger partial charge in [-0.25, -0.2) is 24.0 Å². The third kappa shape index (κ3) is 8.57. The molecular formula is C32H46O12. The minimum Gasteiger partial charge on any atom is -0.463 e. The summed E-state index contributed by atoms with van der Waals surface area (Å²) in [6.45, 7) is 19.3. The lowest BCUT2D eigenvalue weighted by molar-refractivity contribution is -0.160. The fourth-order valence-corrected chi connectivity index (χ4v) is 5.25. The molecule has 2 aliphatic carbocycles. The SMILES string of the molecule is C.C.C=C(C)C(=O)OC1C(=O)OCC1(C)C.C=C(C)C(=O)OC1C2CC3C(=O)OC1C3C2.C=C(C)C(=O)OC1CCOC1=O. The lowest BCUT2D eigenvalue weighted by atomic mass is 9.88. The Balaban J connectivity index is 0.000000327.